The Labute approximate surface area is 138 Å². The highest BCUT2D eigenvalue weighted by atomic mass is 16.2. The van der Waals surface area contributed by atoms with Crippen LogP contribution in [0.1, 0.15) is 56.3 Å². The number of piperidine rings is 1. The predicted molar refractivity (Wildman–Crippen MR) is 90.0 cm³/mol. The molecule has 5 nitrogen and oxygen atoms in total. The van der Waals surface area contributed by atoms with E-state index in [2.05, 4.69) is 24.1 Å². The van der Waals surface area contributed by atoms with E-state index in [-0.39, 0.29) is 17.9 Å². The summed E-state index contributed by atoms with van der Waals surface area (Å²) in [6.07, 6.45) is 7.73. The highest BCUT2D eigenvalue weighted by Crippen LogP contribution is 2.15. The van der Waals surface area contributed by atoms with Crippen LogP contribution < -0.4 is 5.32 Å². The number of carbonyl (C=O) groups is 2. The summed E-state index contributed by atoms with van der Waals surface area (Å²) >= 11 is 0. The van der Waals surface area contributed by atoms with Gasteiger partial charge < -0.3 is 10.2 Å². The molecule has 0 bridgehead atoms. The fraction of sp³-hybridized carbons (Fsp3) is 0.611. The van der Waals surface area contributed by atoms with E-state index >= 15 is 0 Å². The fourth-order valence-electron chi connectivity index (χ4n) is 3.10. The molecule has 2 amide bonds. The maximum Gasteiger partial charge on any atom is 0.253 e. The van der Waals surface area contributed by atoms with E-state index in [1.807, 2.05) is 4.90 Å². The van der Waals surface area contributed by atoms with Gasteiger partial charge in [-0.1, -0.05) is 26.7 Å². The molecule has 2 rings (SSSR count). The molecule has 1 N–H and O–H groups in total. The lowest BCUT2D eigenvalue weighted by Crippen LogP contribution is -2.46. The lowest BCUT2D eigenvalue weighted by molar-refractivity contribution is -0.122. The van der Waals surface area contributed by atoms with E-state index in [1.165, 1.54) is 0 Å². The number of nitrogens with one attached hydrogen (secondary N) is 1. The second-order valence-electron chi connectivity index (χ2n) is 6.47. The minimum atomic E-state index is 0.0498. The molecule has 0 aromatic carbocycles. The van der Waals surface area contributed by atoms with E-state index in [0.29, 0.717) is 31.0 Å². The quantitative estimate of drug-likeness (QED) is 0.877. The maximum absolute atomic E-state index is 12.4. The standard InChI is InChI=1S/C18H27N3O2/c1-3-4-14(2)13-17(22)20-16-7-11-21(12-8-16)18(23)15-5-9-19-10-6-15/h5-6,9-10,14,16H,3-4,7-8,11-13H2,1-2H3,(H,20,22)/t14-/m1/s1. The number of hydrogen-bond donors (Lipinski definition) is 1. The van der Waals surface area contributed by atoms with Gasteiger partial charge in [0.1, 0.15) is 0 Å². The molecular weight excluding hydrogens is 290 g/mol. The Balaban J connectivity index is 1.75. The molecule has 2 heterocycles. The van der Waals surface area contributed by atoms with Crippen LogP contribution in [0.4, 0.5) is 0 Å². The minimum absolute atomic E-state index is 0.0498. The molecule has 0 aliphatic carbocycles. The van der Waals surface area contributed by atoms with Crippen molar-refractivity contribution in [2.75, 3.05) is 13.1 Å². The number of rotatable bonds is 6. The van der Waals surface area contributed by atoms with Crippen LogP contribution >= 0.6 is 0 Å². The summed E-state index contributed by atoms with van der Waals surface area (Å²) in [5, 5.41) is 3.12. The monoisotopic (exact) mass is 317 g/mol. The summed E-state index contributed by atoms with van der Waals surface area (Å²) in [5.74, 6) is 0.631. The van der Waals surface area contributed by atoms with Gasteiger partial charge in [0.15, 0.2) is 0 Å². The maximum atomic E-state index is 12.4. The smallest absolute Gasteiger partial charge is 0.253 e. The zero-order chi connectivity index (χ0) is 16.7. The van der Waals surface area contributed by atoms with Gasteiger partial charge in [-0.15, -0.1) is 0 Å². The van der Waals surface area contributed by atoms with Gasteiger partial charge in [0.2, 0.25) is 5.91 Å². The number of aromatic nitrogens is 1. The van der Waals surface area contributed by atoms with Crippen molar-refractivity contribution < 1.29 is 9.59 Å². The first kappa shape index (κ1) is 17.4. The summed E-state index contributed by atoms with van der Waals surface area (Å²) in [7, 11) is 0. The summed E-state index contributed by atoms with van der Waals surface area (Å²) in [4.78, 5) is 30.2. The third-order valence-corrected chi connectivity index (χ3v) is 4.39. The zero-order valence-electron chi connectivity index (χ0n) is 14.1. The average molecular weight is 317 g/mol. The molecule has 1 saturated heterocycles. The van der Waals surface area contributed by atoms with Gasteiger partial charge in [0.25, 0.3) is 5.91 Å². The van der Waals surface area contributed by atoms with Crippen LogP contribution in [0.25, 0.3) is 0 Å². The molecule has 0 unspecified atom stereocenters. The van der Waals surface area contributed by atoms with Gasteiger partial charge in [-0.2, -0.15) is 0 Å². The van der Waals surface area contributed by atoms with Gasteiger partial charge >= 0.3 is 0 Å². The number of pyridine rings is 1. The Morgan fingerprint density at radius 3 is 2.57 bits per heavy atom. The first-order valence-corrected chi connectivity index (χ1v) is 8.58. The first-order chi connectivity index (χ1) is 11.1. The second-order valence-corrected chi connectivity index (χ2v) is 6.47. The molecule has 5 heteroatoms. The summed E-state index contributed by atoms with van der Waals surface area (Å²) in [6, 6.07) is 3.68. The lowest BCUT2D eigenvalue weighted by Gasteiger charge is -2.32. The molecule has 1 aliphatic heterocycles. The van der Waals surface area contributed by atoms with E-state index in [0.717, 1.165) is 25.7 Å². The number of nitrogens with zero attached hydrogens (tertiary/aromatic N) is 2. The Bertz CT molecular complexity index is 510. The van der Waals surface area contributed by atoms with Crippen LogP contribution in [0.15, 0.2) is 24.5 Å². The van der Waals surface area contributed by atoms with E-state index < -0.39 is 0 Å². The number of likely N-dealkylation sites (tertiary alicyclic amines) is 1. The van der Waals surface area contributed by atoms with Crippen molar-refractivity contribution in [1.29, 1.82) is 0 Å². The van der Waals surface area contributed by atoms with Crippen molar-refractivity contribution in [3.05, 3.63) is 30.1 Å². The van der Waals surface area contributed by atoms with Crippen molar-refractivity contribution in [1.82, 2.24) is 15.2 Å². The van der Waals surface area contributed by atoms with Crippen molar-refractivity contribution in [3.63, 3.8) is 0 Å². The van der Waals surface area contributed by atoms with Gasteiger partial charge in [0, 0.05) is 43.5 Å². The minimum Gasteiger partial charge on any atom is -0.353 e. The normalized spacial score (nSPS) is 16.9. The van der Waals surface area contributed by atoms with E-state index in [9.17, 15) is 9.59 Å². The van der Waals surface area contributed by atoms with Crippen LogP contribution in [-0.4, -0.2) is 40.8 Å². The van der Waals surface area contributed by atoms with Crippen LogP contribution in [0.2, 0.25) is 0 Å². The van der Waals surface area contributed by atoms with Crippen LogP contribution in [0.3, 0.4) is 0 Å². The summed E-state index contributed by atoms with van der Waals surface area (Å²) < 4.78 is 0. The fourth-order valence-corrected chi connectivity index (χ4v) is 3.10. The molecule has 1 aromatic rings. The third-order valence-electron chi connectivity index (χ3n) is 4.39. The second kappa shape index (κ2) is 8.65. The first-order valence-electron chi connectivity index (χ1n) is 8.58. The van der Waals surface area contributed by atoms with Gasteiger partial charge in [-0.3, -0.25) is 14.6 Å². The lowest BCUT2D eigenvalue weighted by atomic mass is 10.00. The topological polar surface area (TPSA) is 62.3 Å². The van der Waals surface area contributed by atoms with Gasteiger partial charge in [0.05, 0.1) is 0 Å². The van der Waals surface area contributed by atoms with Gasteiger partial charge in [-0.05, 0) is 30.9 Å². The third kappa shape index (κ3) is 5.34. The number of carbonyl (C=O) groups excluding carboxylic acids is 2. The molecular formula is C18H27N3O2. The molecule has 0 spiro atoms. The number of amides is 2. The van der Waals surface area contributed by atoms with Crippen molar-refractivity contribution >= 4 is 11.8 Å². The molecule has 1 atom stereocenters. The molecule has 1 aliphatic rings. The average Bonchev–Trinajstić information content (AvgIpc) is 2.56. The molecule has 0 radical (unpaired) electrons. The van der Waals surface area contributed by atoms with Crippen molar-refractivity contribution in [2.45, 2.75) is 52.0 Å². The highest BCUT2D eigenvalue weighted by molar-refractivity contribution is 5.94. The molecule has 1 fully saturated rings. The SMILES string of the molecule is CCC[C@@H](C)CC(=O)NC1CCN(C(=O)c2ccncc2)CC1. The molecule has 1 aromatic heterocycles. The Hall–Kier alpha value is -1.91. The molecule has 23 heavy (non-hydrogen) atoms. The zero-order valence-corrected chi connectivity index (χ0v) is 14.1. The predicted octanol–water partition coefficient (Wildman–Crippen LogP) is 2.63. The molecule has 0 saturated carbocycles. The summed E-state index contributed by atoms with van der Waals surface area (Å²) in [6.45, 7) is 5.65. The van der Waals surface area contributed by atoms with E-state index in [4.69, 9.17) is 0 Å². The highest BCUT2D eigenvalue weighted by Gasteiger charge is 2.24. The van der Waals surface area contributed by atoms with Gasteiger partial charge in [-0.25, -0.2) is 0 Å². The summed E-state index contributed by atoms with van der Waals surface area (Å²) in [5.41, 5.74) is 0.677. The van der Waals surface area contributed by atoms with Crippen molar-refractivity contribution in [2.24, 2.45) is 5.92 Å². The molecule has 126 valence electrons. The van der Waals surface area contributed by atoms with Crippen LogP contribution in [-0.2, 0) is 4.79 Å². The van der Waals surface area contributed by atoms with Crippen LogP contribution in [0.5, 0.6) is 0 Å². The largest absolute Gasteiger partial charge is 0.353 e. The van der Waals surface area contributed by atoms with Crippen LogP contribution in [0, 0.1) is 5.92 Å². The Morgan fingerprint density at radius 1 is 1.30 bits per heavy atom. The number of hydrogen-bond acceptors (Lipinski definition) is 3. The van der Waals surface area contributed by atoms with Crippen molar-refractivity contribution in [3.8, 4) is 0 Å². The Morgan fingerprint density at radius 2 is 1.96 bits per heavy atom. The van der Waals surface area contributed by atoms with E-state index in [1.54, 1.807) is 24.5 Å². The Kier molecular flexibility index (Phi) is 6.56.